The minimum Gasteiger partial charge on any atom is -0.456 e. The second kappa shape index (κ2) is 6.23. The van der Waals surface area contributed by atoms with E-state index in [0.717, 1.165) is 32.7 Å². The smallest absolute Gasteiger partial charge is 0.310 e. The van der Waals surface area contributed by atoms with Gasteiger partial charge >= 0.3 is 7.48 Å². The molecule has 0 amide bonds. The van der Waals surface area contributed by atoms with Gasteiger partial charge in [0.05, 0.1) is 16.7 Å². The van der Waals surface area contributed by atoms with Crippen LogP contribution in [0.1, 0.15) is 27.7 Å². The Balaban J connectivity index is 1.88. The first-order valence-corrected chi connectivity index (χ1v) is 9.29. The number of hydrogen-bond acceptors (Lipinski definition) is 4. The Labute approximate surface area is 163 Å². The minimum atomic E-state index is -0.983. The summed E-state index contributed by atoms with van der Waals surface area (Å²) in [5.41, 5.74) is 1.62. The average Bonchev–Trinajstić information content (AvgIpc) is 2.93. The second-order valence-electron chi connectivity index (χ2n) is 7.94. The number of fused-ring (bicyclic) bond motifs is 4. The van der Waals surface area contributed by atoms with Crippen LogP contribution in [-0.4, -0.2) is 28.8 Å². The lowest BCUT2D eigenvalue weighted by Crippen LogP contribution is -2.49. The van der Waals surface area contributed by atoms with E-state index in [9.17, 15) is 5.11 Å². The van der Waals surface area contributed by atoms with Crippen LogP contribution in [0.2, 0.25) is 5.02 Å². The van der Waals surface area contributed by atoms with Crippen LogP contribution >= 0.6 is 11.6 Å². The minimum absolute atomic E-state index is 0.308. The largest absolute Gasteiger partial charge is 0.456 e. The molecular formula is C21H21BClNO3. The van der Waals surface area contributed by atoms with Crippen molar-refractivity contribution in [2.24, 2.45) is 0 Å². The first kappa shape index (κ1) is 18.3. The van der Waals surface area contributed by atoms with E-state index in [1.54, 1.807) is 20.0 Å². The molecule has 6 heteroatoms. The molecule has 2 heterocycles. The van der Waals surface area contributed by atoms with Gasteiger partial charge in [0.25, 0.3) is 0 Å². The van der Waals surface area contributed by atoms with Crippen LogP contribution in [0.3, 0.4) is 0 Å². The highest BCUT2D eigenvalue weighted by molar-refractivity contribution is 6.53. The maximum absolute atomic E-state index is 10.4. The summed E-state index contributed by atoms with van der Waals surface area (Å²) in [5, 5.41) is 13.9. The van der Waals surface area contributed by atoms with E-state index in [0.29, 0.717) is 18.1 Å². The zero-order chi connectivity index (χ0) is 19.4. The highest BCUT2D eigenvalue weighted by Gasteiger charge is 2.36. The van der Waals surface area contributed by atoms with E-state index in [2.05, 4.69) is 4.98 Å². The van der Waals surface area contributed by atoms with Gasteiger partial charge in [-0.25, -0.2) is 0 Å². The lowest BCUT2D eigenvalue weighted by molar-refractivity contribution is -0.0893. The summed E-state index contributed by atoms with van der Waals surface area (Å²) in [6.45, 7) is 7.23. The van der Waals surface area contributed by atoms with Crippen molar-refractivity contribution >= 4 is 57.4 Å². The molecule has 0 aliphatic rings. The van der Waals surface area contributed by atoms with Gasteiger partial charge in [-0.2, -0.15) is 0 Å². The van der Waals surface area contributed by atoms with E-state index >= 15 is 0 Å². The zero-order valence-electron chi connectivity index (χ0n) is 15.8. The lowest BCUT2D eigenvalue weighted by atomic mass is 9.80. The van der Waals surface area contributed by atoms with Crippen LogP contribution in [0.25, 0.3) is 32.8 Å². The SMILES string of the molecule is CC(C)(O)C(C)(C)OBc1cc(Cl)cc2oc3cc4cccnc4cc3c12. The Morgan fingerprint density at radius 2 is 1.89 bits per heavy atom. The molecule has 0 atom stereocenters. The number of pyridine rings is 1. The number of rotatable bonds is 4. The van der Waals surface area contributed by atoms with Gasteiger partial charge in [0.15, 0.2) is 0 Å². The maximum atomic E-state index is 10.4. The van der Waals surface area contributed by atoms with Gasteiger partial charge < -0.3 is 14.2 Å². The molecule has 0 aliphatic heterocycles. The number of halogens is 1. The van der Waals surface area contributed by atoms with E-state index < -0.39 is 11.2 Å². The second-order valence-corrected chi connectivity index (χ2v) is 8.38. The van der Waals surface area contributed by atoms with Crippen molar-refractivity contribution in [2.75, 3.05) is 0 Å². The van der Waals surface area contributed by atoms with Crippen molar-refractivity contribution in [2.45, 2.75) is 38.9 Å². The van der Waals surface area contributed by atoms with Crippen molar-refractivity contribution in [1.82, 2.24) is 4.98 Å². The molecule has 2 aromatic heterocycles. The summed E-state index contributed by atoms with van der Waals surface area (Å²) < 4.78 is 12.1. The van der Waals surface area contributed by atoms with Crippen molar-refractivity contribution in [3.05, 3.63) is 47.6 Å². The third-order valence-corrected chi connectivity index (χ3v) is 5.62. The fraction of sp³-hybridized carbons (Fsp3) is 0.286. The summed E-state index contributed by atoms with van der Waals surface area (Å²) >= 11 is 6.32. The van der Waals surface area contributed by atoms with Crippen molar-refractivity contribution in [3.8, 4) is 0 Å². The van der Waals surface area contributed by atoms with Crippen LogP contribution in [-0.2, 0) is 4.65 Å². The molecule has 27 heavy (non-hydrogen) atoms. The molecule has 0 spiro atoms. The normalized spacial score (nSPS) is 13.0. The first-order valence-electron chi connectivity index (χ1n) is 8.91. The van der Waals surface area contributed by atoms with Crippen molar-refractivity contribution in [1.29, 1.82) is 0 Å². The van der Waals surface area contributed by atoms with Gasteiger partial charge in [0, 0.05) is 33.4 Å². The Hall–Kier alpha value is -2.08. The highest BCUT2D eigenvalue weighted by Crippen LogP contribution is 2.32. The molecule has 0 saturated heterocycles. The molecule has 2 aromatic carbocycles. The quantitative estimate of drug-likeness (QED) is 0.535. The zero-order valence-corrected chi connectivity index (χ0v) is 16.6. The Bertz CT molecular complexity index is 1160. The fourth-order valence-electron chi connectivity index (χ4n) is 3.07. The monoisotopic (exact) mass is 381 g/mol. The molecule has 0 bridgehead atoms. The van der Waals surface area contributed by atoms with Crippen LogP contribution in [0.4, 0.5) is 0 Å². The van der Waals surface area contributed by atoms with Crippen LogP contribution in [0.5, 0.6) is 0 Å². The maximum Gasteiger partial charge on any atom is 0.310 e. The first-order chi connectivity index (χ1) is 12.7. The van der Waals surface area contributed by atoms with E-state index in [1.807, 2.05) is 50.2 Å². The Kier molecular flexibility index (Phi) is 4.22. The van der Waals surface area contributed by atoms with Crippen LogP contribution in [0.15, 0.2) is 47.0 Å². The van der Waals surface area contributed by atoms with Gasteiger partial charge in [-0.05, 0) is 57.4 Å². The number of nitrogens with zero attached hydrogens (tertiary/aromatic N) is 1. The number of aliphatic hydroxyl groups is 1. The molecule has 0 aliphatic carbocycles. The van der Waals surface area contributed by atoms with Gasteiger partial charge in [0.2, 0.25) is 0 Å². The molecule has 0 fully saturated rings. The molecule has 4 nitrogen and oxygen atoms in total. The molecule has 0 saturated carbocycles. The van der Waals surface area contributed by atoms with Gasteiger partial charge in [-0.1, -0.05) is 17.7 Å². The molecule has 0 unspecified atom stereocenters. The summed E-state index contributed by atoms with van der Waals surface area (Å²) in [7, 11) is 0.308. The summed E-state index contributed by atoms with van der Waals surface area (Å²) in [6.07, 6.45) is 1.78. The topological polar surface area (TPSA) is 55.5 Å². The van der Waals surface area contributed by atoms with Crippen LogP contribution < -0.4 is 5.46 Å². The molecule has 1 N–H and O–H groups in total. The number of aromatic nitrogens is 1. The molecule has 4 aromatic rings. The predicted octanol–water partition coefficient (Wildman–Crippen LogP) is 4.33. The summed E-state index contributed by atoms with van der Waals surface area (Å²) in [5.74, 6) is 0. The van der Waals surface area contributed by atoms with E-state index in [-0.39, 0.29) is 0 Å². The van der Waals surface area contributed by atoms with Gasteiger partial charge in [0.1, 0.15) is 11.2 Å². The average molecular weight is 382 g/mol. The lowest BCUT2D eigenvalue weighted by Gasteiger charge is -2.37. The number of furan rings is 1. The predicted molar refractivity (Wildman–Crippen MR) is 112 cm³/mol. The number of hydrogen-bond donors (Lipinski definition) is 1. The third kappa shape index (κ3) is 3.20. The number of benzene rings is 2. The third-order valence-electron chi connectivity index (χ3n) is 5.40. The van der Waals surface area contributed by atoms with Crippen molar-refractivity contribution in [3.63, 3.8) is 0 Å². The van der Waals surface area contributed by atoms with Gasteiger partial charge in [-0.15, -0.1) is 0 Å². The molecular weight excluding hydrogens is 361 g/mol. The summed E-state index contributed by atoms with van der Waals surface area (Å²) in [4.78, 5) is 4.45. The Morgan fingerprint density at radius 1 is 1.11 bits per heavy atom. The molecule has 4 rings (SSSR count). The van der Waals surface area contributed by atoms with E-state index in [4.69, 9.17) is 20.7 Å². The standard InChI is InChI=1S/C21H21BClNO3/c1-20(2,25)21(3,4)27-22-15-9-13(23)10-18-19(15)14-11-16-12(6-5-7-24-16)8-17(14)26-18/h5-11,22,25H,1-4H3. The van der Waals surface area contributed by atoms with Gasteiger partial charge in [-0.3, -0.25) is 4.98 Å². The summed E-state index contributed by atoms with van der Waals surface area (Å²) in [6, 6.07) is 11.7. The van der Waals surface area contributed by atoms with E-state index in [1.165, 1.54) is 0 Å². The fourth-order valence-corrected chi connectivity index (χ4v) is 3.30. The Morgan fingerprint density at radius 3 is 2.63 bits per heavy atom. The molecule has 138 valence electrons. The highest BCUT2D eigenvalue weighted by atomic mass is 35.5. The van der Waals surface area contributed by atoms with Crippen molar-refractivity contribution < 1.29 is 14.2 Å². The molecule has 0 radical (unpaired) electrons. The van der Waals surface area contributed by atoms with Crippen LogP contribution in [0, 0.1) is 0 Å².